The van der Waals surface area contributed by atoms with E-state index in [-0.39, 0.29) is 18.0 Å². The van der Waals surface area contributed by atoms with Gasteiger partial charge in [-0.25, -0.2) is 0 Å². The number of benzene rings is 2. The van der Waals surface area contributed by atoms with Gasteiger partial charge in [-0.05, 0) is 23.5 Å². The Kier molecular flexibility index (Phi) is 6.64. The summed E-state index contributed by atoms with van der Waals surface area (Å²) in [6.07, 6.45) is 0.746. The van der Waals surface area contributed by atoms with Gasteiger partial charge >= 0.3 is 0 Å². The number of rotatable bonds is 6. The molecule has 0 saturated carbocycles. The van der Waals surface area contributed by atoms with Gasteiger partial charge in [0.05, 0.1) is 12.1 Å². The van der Waals surface area contributed by atoms with Crippen LogP contribution in [0.3, 0.4) is 0 Å². The van der Waals surface area contributed by atoms with Gasteiger partial charge in [0.1, 0.15) is 0 Å². The first-order chi connectivity index (χ1) is 13.1. The summed E-state index contributed by atoms with van der Waals surface area (Å²) in [6, 6.07) is 21.1. The molecule has 4 nitrogen and oxygen atoms in total. The zero-order valence-electron chi connectivity index (χ0n) is 16.4. The van der Waals surface area contributed by atoms with Crippen molar-refractivity contribution in [3.8, 4) is 0 Å². The maximum atomic E-state index is 12.6. The monoisotopic (exact) mass is 365 g/mol. The minimum atomic E-state index is -0.379. The van der Waals surface area contributed by atoms with Gasteiger partial charge in [-0.3, -0.25) is 9.69 Å². The highest BCUT2D eigenvalue weighted by molar-refractivity contribution is 5.81. The number of hydrogen-bond donors (Lipinski definition) is 1. The zero-order chi connectivity index (χ0) is 19.2. The van der Waals surface area contributed by atoms with Crippen LogP contribution in [0.4, 0.5) is 0 Å². The highest BCUT2D eigenvalue weighted by Crippen LogP contribution is 2.29. The summed E-state index contributed by atoms with van der Waals surface area (Å²) in [7, 11) is 0. The predicted octanol–water partition coefficient (Wildman–Crippen LogP) is 3.29. The summed E-state index contributed by atoms with van der Waals surface area (Å²) in [5.74, 6) is 0.533. The maximum absolute atomic E-state index is 12.6. The second-order valence-corrected chi connectivity index (χ2v) is 7.82. The first-order valence-electron chi connectivity index (χ1n) is 9.94. The number of piperazine rings is 1. The van der Waals surface area contributed by atoms with E-state index in [0.29, 0.717) is 5.92 Å². The molecule has 1 atom stereocenters. The molecular weight excluding hydrogens is 334 g/mol. The molecular formula is C23H31N3O. The molecule has 0 unspecified atom stereocenters. The average Bonchev–Trinajstić information content (AvgIpc) is 2.69. The molecule has 1 fully saturated rings. The number of amides is 1. The lowest BCUT2D eigenvalue weighted by Gasteiger charge is -2.40. The molecule has 0 aromatic heterocycles. The molecule has 3 rings (SSSR count). The number of hydrogen-bond acceptors (Lipinski definition) is 3. The van der Waals surface area contributed by atoms with Crippen LogP contribution in [0, 0.1) is 5.92 Å². The fourth-order valence-corrected chi connectivity index (χ4v) is 3.93. The van der Waals surface area contributed by atoms with Crippen molar-refractivity contribution in [2.24, 2.45) is 11.7 Å². The van der Waals surface area contributed by atoms with Crippen molar-refractivity contribution >= 4 is 5.91 Å². The van der Waals surface area contributed by atoms with Crippen LogP contribution in [0.2, 0.25) is 0 Å². The summed E-state index contributed by atoms with van der Waals surface area (Å²) in [5, 5.41) is 0. The van der Waals surface area contributed by atoms with Crippen LogP contribution in [-0.2, 0) is 4.79 Å². The molecule has 0 bridgehead atoms. The lowest BCUT2D eigenvalue weighted by molar-refractivity contribution is -0.135. The van der Waals surface area contributed by atoms with Gasteiger partial charge in [-0.2, -0.15) is 0 Å². The molecule has 2 aromatic carbocycles. The lowest BCUT2D eigenvalue weighted by Crippen LogP contribution is -2.54. The Labute approximate surface area is 163 Å². The first kappa shape index (κ1) is 19.6. The van der Waals surface area contributed by atoms with Gasteiger partial charge < -0.3 is 10.6 Å². The van der Waals surface area contributed by atoms with E-state index in [1.165, 1.54) is 11.1 Å². The van der Waals surface area contributed by atoms with Crippen molar-refractivity contribution in [3.63, 3.8) is 0 Å². The Balaban J connectivity index is 1.71. The molecule has 2 N–H and O–H groups in total. The fourth-order valence-electron chi connectivity index (χ4n) is 3.93. The minimum absolute atomic E-state index is 0.0966. The third kappa shape index (κ3) is 4.96. The highest BCUT2D eigenvalue weighted by atomic mass is 16.2. The van der Waals surface area contributed by atoms with Crippen molar-refractivity contribution in [3.05, 3.63) is 71.8 Å². The second kappa shape index (κ2) is 9.16. The van der Waals surface area contributed by atoms with Crippen LogP contribution in [0.1, 0.15) is 37.4 Å². The number of carbonyl (C=O) groups excluding carboxylic acids is 1. The van der Waals surface area contributed by atoms with Crippen molar-refractivity contribution in [2.75, 3.05) is 26.2 Å². The van der Waals surface area contributed by atoms with E-state index in [1.54, 1.807) is 0 Å². The third-order valence-corrected chi connectivity index (χ3v) is 5.26. The Morgan fingerprint density at radius 2 is 1.37 bits per heavy atom. The quantitative estimate of drug-likeness (QED) is 0.854. The molecule has 1 amide bonds. The molecule has 1 saturated heterocycles. The lowest BCUT2D eigenvalue weighted by atomic mass is 9.96. The first-order valence-corrected chi connectivity index (χ1v) is 9.94. The molecule has 0 radical (unpaired) electrons. The van der Waals surface area contributed by atoms with Crippen molar-refractivity contribution in [1.82, 2.24) is 9.80 Å². The van der Waals surface area contributed by atoms with Crippen molar-refractivity contribution in [2.45, 2.75) is 32.4 Å². The van der Waals surface area contributed by atoms with Gasteiger partial charge in [0.15, 0.2) is 0 Å². The second-order valence-electron chi connectivity index (χ2n) is 7.82. The van der Waals surface area contributed by atoms with Crippen LogP contribution in [-0.4, -0.2) is 47.9 Å². The van der Waals surface area contributed by atoms with Crippen LogP contribution in [0.15, 0.2) is 60.7 Å². The standard InChI is InChI=1S/C23H31N3O/c1-18(2)17-21(24)23(27)26-15-13-25(14-16-26)22(19-9-5-3-6-10-19)20-11-7-4-8-12-20/h3-12,18,21-22H,13-17,24H2,1-2H3/t21-/m0/s1. The van der Waals surface area contributed by atoms with Gasteiger partial charge in [0.2, 0.25) is 5.91 Å². The van der Waals surface area contributed by atoms with E-state index in [4.69, 9.17) is 5.73 Å². The fraction of sp³-hybridized carbons (Fsp3) is 0.435. The van der Waals surface area contributed by atoms with Crippen LogP contribution in [0.25, 0.3) is 0 Å². The van der Waals surface area contributed by atoms with Crippen molar-refractivity contribution < 1.29 is 4.79 Å². The summed E-state index contributed by atoms with van der Waals surface area (Å²) < 4.78 is 0. The molecule has 27 heavy (non-hydrogen) atoms. The number of carbonyl (C=O) groups is 1. The zero-order valence-corrected chi connectivity index (χ0v) is 16.4. The summed E-state index contributed by atoms with van der Waals surface area (Å²) >= 11 is 0. The molecule has 144 valence electrons. The van der Waals surface area contributed by atoms with Gasteiger partial charge in [-0.1, -0.05) is 74.5 Å². The smallest absolute Gasteiger partial charge is 0.239 e. The Morgan fingerprint density at radius 1 is 0.889 bits per heavy atom. The Bertz CT molecular complexity index is 669. The van der Waals surface area contributed by atoms with E-state index in [2.05, 4.69) is 79.4 Å². The van der Waals surface area contributed by atoms with E-state index in [9.17, 15) is 4.79 Å². The summed E-state index contributed by atoms with van der Waals surface area (Å²) in [6.45, 7) is 7.40. The predicted molar refractivity (Wildman–Crippen MR) is 110 cm³/mol. The van der Waals surface area contributed by atoms with Crippen LogP contribution in [0.5, 0.6) is 0 Å². The van der Waals surface area contributed by atoms with E-state index >= 15 is 0 Å². The molecule has 1 aliphatic heterocycles. The molecule has 1 aliphatic rings. The van der Waals surface area contributed by atoms with E-state index in [0.717, 1.165) is 32.6 Å². The topological polar surface area (TPSA) is 49.6 Å². The minimum Gasteiger partial charge on any atom is -0.339 e. The molecule has 2 aromatic rings. The third-order valence-electron chi connectivity index (χ3n) is 5.26. The van der Waals surface area contributed by atoms with Crippen molar-refractivity contribution in [1.29, 1.82) is 0 Å². The molecule has 1 heterocycles. The Morgan fingerprint density at radius 3 is 1.81 bits per heavy atom. The van der Waals surface area contributed by atoms with E-state index in [1.807, 2.05) is 4.90 Å². The summed E-state index contributed by atoms with van der Waals surface area (Å²) in [5.41, 5.74) is 8.70. The van der Waals surface area contributed by atoms with Gasteiger partial charge in [0.25, 0.3) is 0 Å². The van der Waals surface area contributed by atoms with Gasteiger partial charge in [-0.15, -0.1) is 0 Å². The summed E-state index contributed by atoms with van der Waals surface area (Å²) in [4.78, 5) is 17.0. The molecule has 0 spiro atoms. The number of nitrogens with two attached hydrogens (primary N) is 1. The largest absolute Gasteiger partial charge is 0.339 e. The molecule has 0 aliphatic carbocycles. The van der Waals surface area contributed by atoms with E-state index < -0.39 is 0 Å². The maximum Gasteiger partial charge on any atom is 0.239 e. The molecule has 4 heteroatoms. The van der Waals surface area contributed by atoms with Gasteiger partial charge in [0, 0.05) is 26.2 Å². The normalized spacial score (nSPS) is 16.7. The van der Waals surface area contributed by atoms with Crippen LogP contribution < -0.4 is 5.73 Å². The SMILES string of the molecule is CC(C)C[C@H](N)C(=O)N1CCN(C(c2ccccc2)c2ccccc2)CC1. The van der Waals surface area contributed by atoms with Crippen LogP contribution >= 0.6 is 0 Å². The number of nitrogens with zero attached hydrogens (tertiary/aromatic N) is 2. The average molecular weight is 366 g/mol. The Hall–Kier alpha value is -2.17. The highest BCUT2D eigenvalue weighted by Gasteiger charge is 2.30.